The lowest BCUT2D eigenvalue weighted by atomic mass is 10.2. The average molecular weight is 730 g/mol. The number of hydrogen-bond donors (Lipinski definition) is 1. The molecule has 1 aromatic heterocycles. The van der Waals surface area contributed by atoms with Gasteiger partial charge in [-0.25, -0.2) is 21.6 Å². The summed E-state index contributed by atoms with van der Waals surface area (Å²) >= 11 is 0. The minimum Gasteiger partial charge on any atom is -0.465 e. The van der Waals surface area contributed by atoms with Crippen molar-refractivity contribution in [2.24, 2.45) is 0 Å². The summed E-state index contributed by atoms with van der Waals surface area (Å²) in [5, 5.41) is 0. The molecule has 0 aliphatic carbocycles. The van der Waals surface area contributed by atoms with Crippen molar-refractivity contribution in [2.75, 3.05) is 65.3 Å². The summed E-state index contributed by atoms with van der Waals surface area (Å²) in [6.45, 7) is -0.253. The van der Waals surface area contributed by atoms with Gasteiger partial charge in [-0.1, -0.05) is 36.4 Å². The van der Waals surface area contributed by atoms with Gasteiger partial charge in [0.25, 0.3) is 0 Å². The van der Waals surface area contributed by atoms with Crippen LogP contribution in [-0.2, 0) is 51.4 Å². The summed E-state index contributed by atoms with van der Waals surface area (Å²) < 4.78 is 107. The minimum absolute atomic E-state index is 0.00446. The molecule has 0 unspecified atom stereocenters. The first-order valence-electron chi connectivity index (χ1n) is 14.2. The number of aromatic nitrogens is 1. The maximum atomic E-state index is 13.3. The largest absolute Gasteiger partial charge is 0.465 e. The lowest BCUT2D eigenvalue weighted by Crippen LogP contribution is -2.50. The number of carbonyl (C=O) groups excluding carboxylic acids is 1. The van der Waals surface area contributed by atoms with Crippen LogP contribution in [0.5, 0.6) is 0 Å². The SMILES string of the molecule is COC(=O)c1ccc(CN(c2ccccc2)S(=O)(=O)N2CCS(=O)(=O)CC2)nc1.O=S1(=O)CCN(S(=O)(=O)Nc2ccccc2)CC1. The molecule has 0 amide bonds. The Morgan fingerprint density at radius 3 is 1.79 bits per heavy atom. The summed E-state index contributed by atoms with van der Waals surface area (Å²) in [7, 11) is -12.7. The summed E-state index contributed by atoms with van der Waals surface area (Å²) in [4.78, 5) is 15.7. The molecule has 2 saturated heterocycles. The van der Waals surface area contributed by atoms with Gasteiger partial charge in [0.15, 0.2) is 19.7 Å². The smallest absolute Gasteiger partial charge is 0.339 e. The van der Waals surface area contributed by atoms with Gasteiger partial charge < -0.3 is 4.74 Å². The van der Waals surface area contributed by atoms with Crippen LogP contribution in [0.1, 0.15) is 16.1 Å². The number of para-hydroxylation sites is 2. The normalized spacial score (nSPS) is 18.2. The number of carbonyl (C=O) groups is 1. The Morgan fingerprint density at radius 1 is 0.787 bits per heavy atom. The van der Waals surface area contributed by atoms with Crippen LogP contribution in [0.2, 0.25) is 0 Å². The molecule has 3 aromatic rings. The van der Waals surface area contributed by atoms with E-state index in [1.54, 1.807) is 66.7 Å². The molecule has 0 saturated carbocycles. The monoisotopic (exact) mass is 729 g/mol. The quantitative estimate of drug-likeness (QED) is 0.308. The predicted molar refractivity (Wildman–Crippen MR) is 177 cm³/mol. The molecule has 0 bridgehead atoms. The lowest BCUT2D eigenvalue weighted by Gasteiger charge is -2.33. The number of methoxy groups -OCH3 is 1. The highest BCUT2D eigenvalue weighted by molar-refractivity contribution is 7.93. The third-order valence-corrected chi connectivity index (χ3v) is 13.8. The van der Waals surface area contributed by atoms with E-state index in [0.717, 1.165) is 4.31 Å². The minimum atomic E-state index is -3.99. The van der Waals surface area contributed by atoms with Crippen LogP contribution >= 0.6 is 0 Å². The van der Waals surface area contributed by atoms with E-state index in [9.17, 15) is 38.5 Å². The van der Waals surface area contributed by atoms with Gasteiger partial charge in [-0.2, -0.15) is 25.4 Å². The van der Waals surface area contributed by atoms with Crippen molar-refractivity contribution >= 4 is 57.4 Å². The molecular weight excluding hydrogens is 695 g/mol. The second kappa shape index (κ2) is 15.1. The lowest BCUT2D eigenvalue weighted by molar-refractivity contribution is 0.0600. The number of sulfone groups is 2. The molecule has 2 aliphatic rings. The van der Waals surface area contributed by atoms with Crippen LogP contribution in [-0.4, -0.2) is 110 Å². The van der Waals surface area contributed by atoms with Crippen molar-refractivity contribution in [2.45, 2.75) is 6.54 Å². The van der Waals surface area contributed by atoms with Gasteiger partial charge >= 0.3 is 26.4 Å². The highest BCUT2D eigenvalue weighted by atomic mass is 32.2. The molecule has 1 N–H and O–H groups in total. The Bertz CT molecular complexity index is 1930. The Kier molecular flexibility index (Phi) is 11.6. The van der Waals surface area contributed by atoms with E-state index in [1.807, 2.05) is 0 Å². The fourth-order valence-corrected chi connectivity index (χ4v) is 10.2. The predicted octanol–water partition coefficient (Wildman–Crippen LogP) is 0.924. The van der Waals surface area contributed by atoms with Crippen molar-refractivity contribution in [3.05, 3.63) is 90.3 Å². The molecule has 5 rings (SSSR count). The molecule has 0 atom stereocenters. The molecule has 256 valence electrons. The van der Waals surface area contributed by atoms with E-state index in [-0.39, 0.29) is 61.3 Å². The molecule has 2 fully saturated rings. The van der Waals surface area contributed by atoms with Gasteiger partial charge in [0.05, 0.1) is 53.6 Å². The van der Waals surface area contributed by atoms with Gasteiger partial charge in [0.2, 0.25) is 0 Å². The molecule has 2 aliphatic heterocycles. The standard InChI is InChI=1S/C18H21N3O6S2.C10H14N2O4S2/c1-27-18(22)15-7-8-16(19-13-15)14-21(17-5-3-2-4-6-17)29(25,26)20-9-11-28(23,24)12-10-20;13-17(14)8-6-12(7-9-17)18(15,16)11-10-4-2-1-3-5-10/h2-8,13H,9-12,14H2,1H3;1-5,11H,6-9H2. The number of rotatable bonds is 9. The molecule has 15 nitrogen and oxygen atoms in total. The molecule has 0 spiro atoms. The summed E-state index contributed by atoms with van der Waals surface area (Å²) in [5.41, 5.74) is 1.58. The van der Waals surface area contributed by atoms with E-state index in [1.165, 1.54) is 28.0 Å². The first-order valence-corrected chi connectivity index (χ1v) is 20.7. The van der Waals surface area contributed by atoms with Crippen molar-refractivity contribution in [1.82, 2.24) is 13.6 Å². The Balaban J connectivity index is 0.000000238. The van der Waals surface area contributed by atoms with Crippen LogP contribution in [0.15, 0.2) is 79.0 Å². The Morgan fingerprint density at radius 2 is 1.30 bits per heavy atom. The third kappa shape index (κ3) is 9.94. The van der Waals surface area contributed by atoms with E-state index < -0.39 is 46.1 Å². The fraction of sp³-hybridized carbons (Fsp3) is 0.357. The van der Waals surface area contributed by atoms with Crippen LogP contribution < -0.4 is 9.03 Å². The van der Waals surface area contributed by atoms with E-state index >= 15 is 0 Å². The maximum Gasteiger partial charge on any atom is 0.339 e. The Labute approximate surface area is 275 Å². The highest BCUT2D eigenvalue weighted by Gasteiger charge is 2.35. The van der Waals surface area contributed by atoms with Gasteiger partial charge in [0.1, 0.15) is 0 Å². The van der Waals surface area contributed by atoms with Crippen molar-refractivity contribution in [1.29, 1.82) is 0 Å². The number of nitrogens with one attached hydrogen (secondary N) is 1. The van der Waals surface area contributed by atoms with Crippen LogP contribution in [0.4, 0.5) is 11.4 Å². The highest BCUT2D eigenvalue weighted by Crippen LogP contribution is 2.24. The first kappa shape index (κ1) is 36.2. The molecule has 3 heterocycles. The van der Waals surface area contributed by atoms with E-state index in [0.29, 0.717) is 17.1 Å². The van der Waals surface area contributed by atoms with Gasteiger partial charge in [0, 0.05) is 38.1 Å². The second-order valence-electron chi connectivity index (χ2n) is 10.5. The topological polar surface area (TPSA) is 198 Å². The molecule has 47 heavy (non-hydrogen) atoms. The van der Waals surface area contributed by atoms with Crippen molar-refractivity contribution < 1.29 is 43.2 Å². The second-order valence-corrected chi connectivity index (χ2v) is 18.6. The van der Waals surface area contributed by atoms with E-state index in [2.05, 4.69) is 14.4 Å². The van der Waals surface area contributed by atoms with Gasteiger partial charge in [-0.15, -0.1) is 0 Å². The average Bonchev–Trinajstić information content (AvgIpc) is 3.04. The maximum absolute atomic E-state index is 13.3. The third-order valence-electron chi connectivity index (χ3n) is 7.17. The number of anilines is 2. The Hall–Kier alpha value is -3.62. The number of esters is 1. The number of benzene rings is 2. The summed E-state index contributed by atoms with van der Waals surface area (Å²) in [5.74, 6) is -1.20. The van der Waals surface area contributed by atoms with E-state index in [4.69, 9.17) is 0 Å². The number of ether oxygens (including phenoxy) is 1. The molecular formula is C28H35N5O10S4. The zero-order valence-electron chi connectivity index (χ0n) is 25.4. The first-order chi connectivity index (χ1) is 22.1. The van der Waals surface area contributed by atoms with Gasteiger partial charge in [-0.3, -0.25) is 14.0 Å². The zero-order valence-corrected chi connectivity index (χ0v) is 28.6. The summed E-state index contributed by atoms with van der Waals surface area (Å²) in [6.07, 6.45) is 1.32. The fourth-order valence-electron chi connectivity index (χ4n) is 4.53. The number of hydrogen-bond acceptors (Lipinski definition) is 11. The molecule has 2 aromatic carbocycles. The zero-order chi connectivity index (χ0) is 34.3. The number of pyridine rings is 1. The van der Waals surface area contributed by atoms with Crippen LogP contribution in [0.25, 0.3) is 0 Å². The molecule has 19 heteroatoms. The number of nitrogens with zero attached hydrogens (tertiary/aromatic N) is 4. The van der Waals surface area contributed by atoms with Crippen molar-refractivity contribution in [3.63, 3.8) is 0 Å². The van der Waals surface area contributed by atoms with Crippen LogP contribution in [0, 0.1) is 0 Å². The van der Waals surface area contributed by atoms with Crippen LogP contribution in [0.3, 0.4) is 0 Å². The van der Waals surface area contributed by atoms with Gasteiger partial charge in [-0.05, 0) is 36.4 Å². The molecule has 0 radical (unpaired) electrons. The summed E-state index contributed by atoms with van der Waals surface area (Å²) in [6, 6.07) is 20.1. The van der Waals surface area contributed by atoms with Crippen molar-refractivity contribution in [3.8, 4) is 0 Å².